The lowest BCUT2D eigenvalue weighted by molar-refractivity contribution is -0.157. The van der Waals surface area contributed by atoms with Gasteiger partial charge in [-0.05, 0) is 45.6 Å². The van der Waals surface area contributed by atoms with Crippen LogP contribution in [0, 0.1) is 0 Å². The molecule has 0 saturated carbocycles. The van der Waals surface area contributed by atoms with Crippen molar-refractivity contribution in [2.75, 3.05) is 0 Å². The number of hydrogen-bond acceptors (Lipinski definition) is 6. The minimum atomic E-state index is -0.927. The highest BCUT2D eigenvalue weighted by Gasteiger charge is 2.46. The van der Waals surface area contributed by atoms with Crippen LogP contribution in [-0.4, -0.2) is 52.4 Å². The van der Waals surface area contributed by atoms with Crippen molar-refractivity contribution in [3.05, 3.63) is 35.9 Å². The molecule has 0 unspecified atom stereocenters. The number of esters is 1. The maximum Gasteiger partial charge on any atom is 0.408 e. The molecule has 31 heavy (non-hydrogen) atoms. The van der Waals surface area contributed by atoms with Crippen LogP contribution in [0.25, 0.3) is 0 Å². The SMILES string of the molecule is CC(C)(C)OC(=O)N[C@H]1CCC(=O)C[C@H]2CC[C@@H](C(=O)OCc3ccccc3)N2C1=O. The summed E-state index contributed by atoms with van der Waals surface area (Å²) in [4.78, 5) is 52.1. The number of amides is 2. The highest BCUT2D eigenvalue weighted by Crippen LogP contribution is 2.31. The molecule has 0 bridgehead atoms. The van der Waals surface area contributed by atoms with E-state index in [0.29, 0.717) is 12.8 Å². The van der Waals surface area contributed by atoms with Gasteiger partial charge in [0.1, 0.15) is 30.1 Å². The van der Waals surface area contributed by atoms with Gasteiger partial charge in [-0.1, -0.05) is 30.3 Å². The number of alkyl carbamates (subject to hydrolysis) is 1. The molecule has 3 rings (SSSR count). The van der Waals surface area contributed by atoms with E-state index >= 15 is 0 Å². The second kappa shape index (κ2) is 9.49. The zero-order valence-electron chi connectivity index (χ0n) is 18.3. The predicted octanol–water partition coefficient (Wildman–Crippen LogP) is 2.74. The first-order valence-corrected chi connectivity index (χ1v) is 10.7. The highest BCUT2D eigenvalue weighted by atomic mass is 16.6. The summed E-state index contributed by atoms with van der Waals surface area (Å²) >= 11 is 0. The molecule has 168 valence electrons. The topological polar surface area (TPSA) is 102 Å². The van der Waals surface area contributed by atoms with Gasteiger partial charge in [0.15, 0.2) is 0 Å². The van der Waals surface area contributed by atoms with Crippen molar-refractivity contribution in [1.82, 2.24) is 10.2 Å². The number of carbonyl (C=O) groups is 4. The number of benzene rings is 1. The average molecular weight is 431 g/mol. The van der Waals surface area contributed by atoms with Gasteiger partial charge in [0.05, 0.1) is 0 Å². The van der Waals surface area contributed by atoms with Crippen molar-refractivity contribution in [3.8, 4) is 0 Å². The van der Waals surface area contributed by atoms with Crippen molar-refractivity contribution in [2.24, 2.45) is 0 Å². The van der Waals surface area contributed by atoms with Gasteiger partial charge in [-0.25, -0.2) is 9.59 Å². The largest absolute Gasteiger partial charge is 0.459 e. The summed E-state index contributed by atoms with van der Waals surface area (Å²) in [6.45, 7) is 5.30. The molecule has 2 saturated heterocycles. The molecular weight excluding hydrogens is 400 g/mol. The third kappa shape index (κ3) is 6.06. The van der Waals surface area contributed by atoms with Crippen molar-refractivity contribution in [2.45, 2.75) is 83.2 Å². The Balaban J connectivity index is 1.72. The molecule has 2 fully saturated rings. The number of nitrogens with one attached hydrogen (secondary N) is 1. The fourth-order valence-corrected chi connectivity index (χ4v) is 4.03. The predicted molar refractivity (Wildman–Crippen MR) is 112 cm³/mol. The molecule has 0 radical (unpaired) electrons. The van der Waals surface area contributed by atoms with Gasteiger partial charge in [0.2, 0.25) is 5.91 Å². The number of ether oxygens (including phenoxy) is 2. The van der Waals surface area contributed by atoms with Gasteiger partial charge in [-0.2, -0.15) is 0 Å². The number of nitrogens with zero attached hydrogens (tertiary/aromatic N) is 1. The smallest absolute Gasteiger partial charge is 0.408 e. The van der Waals surface area contributed by atoms with E-state index in [1.165, 1.54) is 4.90 Å². The van der Waals surface area contributed by atoms with Gasteiger partial charge in [0.25, 0.3) is 0 Å². The molecule has 1 aromatic carbocycles. The Labute approximate surface area is 182 Å². The van der Waals surface area contributed by atoms with Crippen molar-refractivity contribution < 1.29 is 28.7 Å². The van der Waals surface area contributed by atoms with E-state index in [-0.39, 0.29) is 43.6 Å². The van der Waals surface area contributed by atoms with Gasteiger partial charge in [-0.3, -0.25) is 9.59 Å². The van der Waals surface area contributed by atoms with Crippen LogP contribution in [0.4, 0.5) is 4.79 Å². The van der Waals surface area contributed by atoms with E-state index in [9.17, 15) is 19.2 Å². The number of fused-ring (bicyclic) bond motifs is 1. The number of ketones is 1. The monoisotopic (exact) mass is 430 g/mol. The molecule has 1 aromatic rings. The van der Waals surface area contributed by atoms with Crippen molar-refractivity contribution >= 4 is 23.8 Å². The zero-order valence-corrected chi connectivity index (χ0v) is 18.3. The number of Topliss-reactive ketones (excluding diaryl/α,β-unsaturated/α-hetero) is 1. The van der Waals surface area contributed by atoms with Gasteiger partial charge < -0.3 is 19.7 Å². The molecule has 2 heterocycles. The maximum absolute atomic E-state index is 13.3. The molecular formula is C23H30N2O6. The van der Waals surface area contributed by atoms with Crippen LogP contribution in [0.1, 0.15) is 58.4 Å². The Morgan fingerprint density at radius 3 is 2.48 bits per heavy atom. The van der Waals surface area contributed by atoms with E-state index in [2.05, 4.69) is 5.32 Å². The second-order valence-electron chi connectivity index (χ2n) is 9.07. The summed E-state index contributed by atoms with van der Waals surface area (Å²) in [5.41, 5.74) is 0.133. The van der Waals surface area contributed by atoms with Gasteiger partial charge >= 0.3 is 12.1 Å². The van der Waals surface area contributed by atoms with Crippen LogP contribution < -0.4 is 5.32 Å². The van der Waals surface area contributed by atoms with E-state index in [4.69, 9.17) is 9.47 Å². The molecule has 2 aliphatic rings. The average Bonchev–Trinajstić information content (AvgIpc) is 3.10. The summed E-state index contributed by atoms with van der Waals surface area (Å²) < 4.78 is 10.7. The molecule has 0 spiro atoms. The Kier molecular flexibility index (Phi) is 6.97. The normalized spacial score (nSPS) is 24.1. The fraction of sp³-hybridized carbons (Fsp3) is 0.565. The number of rotatable bonds is 4. The highest BCUT2D eigenvalue weighted by molar-refractivity contribution is 5.92. The van der Waals surface area contributed by atoms with E-state index in [1.54, 1.807) is 20.8 Å². The summed E-state index contributed by atoms with van der Waals surface area (Å²) in [5, 5.41) is 2.59. The lowest BCUT2D eigenvalue weighted by atomic mass is 9.98. The molecule has 1 N–H and O–H groups in total. The minimum absolute atomic E-state index is 0.0109. The number of carbonyl (C=O) groups excluding carboxylic acids is 4. The van der Waals surface area contributed by atoms with Crippen LogP contribution in [0.2, 0.25) is 0 Å². The molecule has 0 aromatic heterocycles. The second-order valence-corrected chi connectivity index (χ2v) is 9.07. The van der Waals surface area contributed by atoms with Crippen LogP contribution in [0.5, 0.6) is 0 Å². The van der Waals surface area contributed by atoms with Crippen molar-refractivity contribution in [3.63, 3.8) is 0 Å². The van der Waals surface area contributed by atoms with Crippen molar-refractivity contribution in [1.29, 1.82) is 0 Å². The van der Waals surface area contributed by atoms with Crippen LogP contribution >= 0.6 is 0 Å². The molecule has 8 heteroatoms. The summed E-state index contributed by atoms with van der Waals surface area (Å²) in [6, 6.07) is 7.23. The molecule has 8 nitrogen and oxygen atoms in total. The van der Waals surface area contributed by atoms with Gasteiger partial charge in [-0.15, -0.1) is 0 Å². The quantitative estimate of drug-likeness (QED) is 0.737. The van der Waals surface area contributed by atoms with E-state index < -0.39 is 29.7 Å². The van der Waals surface area contributed by atoms with Crippen LogP contribution in [0.15, 0.2) is 30.3 Å². The minimum Gasteiger partial charge on any atom is -0.459 e. The third-order valence-electron chi connectivity index (χ3n) is 5.42. The summed E-state index contributed by atoms with van der Waals surface area (Å²) in [6.07, 6.45) is 0.828. The Hall–Kier alpha value is -2.90. The fourth-order valence-electron chi connectivity index (χ4n) is 4.03. The van der Waals surface area contributed by atoms with E-state index in [1.807, 2.05) is 30.3 Å². The first-order chi connectivity index (χ1) is 14.6. The lowest BCUT2D eigenvalue weighted by Gasteiger charge is -2.34. The lowest BCUT2D eigenvalue weighted by Crippen LogP contribution is -2.56. The summed E-state index contributed by atoms with van der Waals surface area (Å²) in [5.74, 6) is -0.858. The number of hydrogen-bond donors (Lipinski definition) is 1. The maximum atomic E-state index is 13.3. The zero-order chi connectivity index (χ0) is 22.6. The molecule has 3 atom stereocenters. The molecule has 2 amide bonds. The van der Waals surface area contributed by atoms with Gasteiger partial charge in [0, 0.05) is 18.9 Å². The first-order valence-electron chi connectivity index (χ1n) is 10.7. The third-order valence-corrected chi connectivity index (χ3v) is 5.42. The molecule has 0 aliphatic carbocycles. The molecule has 2 aliphatic heterocycles. The standard InChI is InChI=1S/C23H30N2O6/c1-23(2,3)31-22(29)24-18-11-10-17(26)13-16-9-12-19(25(16)20(18)27)21(28)30-14-15-7-5-4-6-8-15/h4-8,16,18-19H,9-14H2,1-3H3,(H,24,29)/t16-,18+,19+/m1/s1. The van der Waals surface area contributed by atoms with Crippen LogP contribution in [0.3, 0.4) is 0 Å². The van der Waals surface area contributed by atoms with E-state index in [0.717, 1.165) is 5.56 Å². The first kappa shape index (κ1) is 22.8. The Morgan fingerprint density at radius 1 is 1.10 bits per heavy atom. The Morgan fingerprint density at radius 2 is 1.81 bits per heavy atom. The summed E-state index contributed by atoms with van der Waals surface area (Å²) in [7, 11) is 0. The Bertz CT molecular complexity index is 832. The van der Waals surface area contributed by atoms with Crippen LogP contribution in [-0.2, 0) is 30.5 Å².